The second kappa shape index (κ2) is 3.99. The Kier molecular flexibility index (Phi) is 2.33. The molecular formula is C12H12N6. The second-order valence-electron chi connectivity index (χ2n) is 3.99. The molecule has 0 unspecified atom stereocenters. The summed E-state index contributed by atoms with van der Waals surface area (Å²) in [6.07, 6.45) is 8.86. The smallest absolute Gasteiger partial charge is 0.119 e. The fraction of sp³-hybridized carbons (Fsp3) is 0.0833. The Morgan fingerprint density at radius 2 is 1.94 bits per heavy atom. The van der Waals surface area contributed by atoms with Gasteiger partial charge in [-0.2, -0.15) is 10.2 Å². The van der Waals surface area contributed by atoms with Gasteiger partial charge < -0.3 is 5.73 Å². The molecule has 0 aliphatic rings. The summed E-state index contributed by atoms with van der Waals surface area (Å²) in [5.41, 5.74) is 9.17. The summed E-state index contributed by atoms with van der Waals surface area (Å²) in [4.78, 5) is 3.98. The number of hydrogen-bond donors (Lipinski definition) is 1. The molecular weight excluding hydrogens is 228 g/mol. The molecule has 0 saturated carbocycles. The van der Waals surface area contributed by atoms with Crippen molar-refractivity contribution in [2.45, 2.75) is 0 Å². The van der Waals surface area contributed by atoms with Crippen molar-refractivity contribution >= 4 is 5.69 Å². The third-order valence-corrected chi connectivity index (χ3v) is 2.65. The molecule has 0 fully saturated rings. The summed E-state index contributed by atoms with van der Waals surface area (Å²) in [6.45, 7) is 0. The SMILES string of the molecule is Cn1cc(-c2nn(-c3ccncc3)cc2N)cn1. The molecule has 90 valence electrons. The van der Waals surface area contributed by atoms with Crippen molar-refractivity contribution in [1.29, 1.82) is 0 Å². The monoisotopic (exact) mass is 240 g/mol. The highest BCUT2D eigenvalue weighted by Gasteiger charge is 2.10. The van der Waals surface area contributed by atoms with E-state index in [1.165, 1.54) is 0 Å². The molecule has 0 aromatic carbocycles. The number of nitrogens with two attached hydrogens (primary N) is 1. The molecule has 0 amide bonds. The first-order valence-corrected chi connectivity index (χ1v) is 5.48. The van der Waals surface area contributed by atoms with Crippen LogP contribution in [0.5, 0.6) is 0 Å². The average molecular weight is 240 g/mol. The Balaban J connectivity index is 2.06. The van der Waals surface area contributed by atoms with E-state index in [0.29, 0.717) is 5.69 Å². The molecule has 18 heavy (non-hydrogen) atoms. The normalized spacial score (nSPS) is 10.7. The van der Waals surface area contributed by atoms with Crippen LogP contribution in [0, 0.1) is 0 Å². The van der Waals surface area contributed by atoms with Crippen LogP contribution in [0.15, 0.2) is 43.1 Å². The zero-order valence-electron chi connectivity index (χ0n) is 9.85. The van der Waals surface area contributed by atoms with E-state index in [1.807, 2.05) is 25.4 Å². The van der Waals surface area contributed by atoms with Gasteiger partial charge in [-0.3, -0.25) is 9.67 Å². The van der Waals surface area contributed by atoms with Gasteiger partial charge in [-0.1, -0.05) is 0 Å². The molecule has 0 aliphatic carbocycles. The molecule has 3 heterocycles. The Morgan fingerprint density at radius 3 is 2.61 bits per heavy atom. The van der Waals surface area contributed by atoms with E-state index >= 15 is 0 Å². The predicted octanol–water partition coefficient (Wildman–Crippen LogP) is 1.25. The van der Waals surface area contributed by atoms with Gasteiger partial charge in [0.25, 0.3) is 0 Å². The number of anilines is 1. The van der Waals surface area contributed by atoms with Crippen molar-refractivity contribution < 1.29 is 0 Å². The quantitative estimate of drug-likeness (QED) is 0.731. The van der Waals surface area contributed by atoms with E-state index in [4.69, 9.17) is 5.73 Å². The van der Waals surface area contributed by atoms with Crippen LogP contribution in [0.4, 0.5) is 5.69 Å². The lowest BCUT2D eigenvalue weighted by atomic mass is 10.2. The summed E-state index contributed by atoms with van der Waals surface area (Å²) < 4.78 is 3.46. The standard InChI is InChI=1S/C12H12N6/c1-17-7-9(6-15-17)12-11(13)8-18(16-12)10-2-4-14-5-3-10/h2-8H,13H2,1H3. The van der Waals surface area contributed by atoms with E-state index in [0.717, 1.165) is 16.9 Å². The van der Waals surface area contributed by atoms with Crippen LogP contribution in [-0.2, 0) is 7.05 Å². The topological polar surface area (TPSA) is 74.5 Å². The number of rotatable bonds is 2. The molecule has 0 atom stereocenters. The van der Waals surface area contributed by atoms with Gasteiger partial charge in [0, 0.05) is 31.2 Å². The Bertz CT molecular complexity index is 667. The van der Waals surface area contributed by atoms with Crippen molar-refractivity contribution in [3.05, 3.63) is 43.1 Å². The largest absolute Gasteiger partial charge is 0.396 e. The zero-order valence-corrected chi connectivity index (χ0v) is 9.85. The van der Waals surface area contributed by atoms with Gasteiger partial charge in [-0.15, -0.1) is 0 Å². The third-order valence-electron chi connectivity index (χ3n) is 2.65. The lowest BCUT2D eigenvalue weighted by molar-refractivity contribution is 0.768. The van der Waals surface area contributed by atoms with Crippen LogP contribution < -0.4 is 5.73 Å². The lowest BCUT2D eigenvalue weighted by Gasteiger charge is -1.98. The first kappa shape index (κ1) is 10.5. The van der Waals surface area contributed by atoms with Crippen LogP contribution in [0.1, 0.15) is 0 Å². The van der Waals surface area contributed by atoms with Gasteiger partial charge >= 0.3 is 0 Å². The van der Waals surface area contributed by atoms with Crippen molar-refractivity contribution in [2.75, 3.05) is 5.73 Å². The molecule has 6 heteroatoms. The van der Waals surface area contributed by atoms with Crippen LogP contribution in [0.25, 0.3) is 16.9 Å². The van der Waals surface area contributed by atoms with Crippen LogP contribution in [-0.4, -0.2) is 24.5 Å². The average Bonchev–Trinajstić information content (AvgIpc) is 2.97. The molecule has 3 rings (SSSR count). The third kappa shape index (κ3) is 1.73. The number of aromatic nitrogens is 5. The van der Waals surface area contributed by atoms with Gasteiger partial charge in [0.2, 0.25) is 0 Å². The fourth-order valence-corrected chi connectivity index (χ4v) is 1.78. The highest BCUT2D eigenvalue weighted by Crippen LogP contribution is 2.24. The molecule has 0 aliphatic heterocycles. The molecule has 0 spiro atoms. The minimum atomic E-state index is 0.625. The summed E-state index contributed by atoms with van der Waals surface area (Å²) in [5.74, 6) is 0. The molecule has 0 radical (unpaired) electrons. The van der Waals surface area contributed by atoms with Crippen molar-refractivity contribution in [3.63, 3.8) is 0 Å². The number of nitrogen functional groups attached to an aromatic ring is 1. The van der Waals surface area contributed by atoms with Crippen LogP contribution in [0.2, 0.25) is 0 Å². The highest BCUT2D eigenvalue weighted by atomic mass is 15.3. The minimum Gasteiger partial charge on any atom is -0.396 e. The lowest BCUT2D eigenvalue weighted by Crippen LogP contribution is -1.94. The van der Waals surface area contributed by atoms with E-state index < -0.39 is 0 Å². The summed E-state index contributed by atoms with van der Waals surface area (Å²) in [7, 11) is 1.86. The zero-order chi connectivity index (χ0) is 12.5. The number of pyridine rings is 1. The van der Waals surface area contributed by atoms with Crippen LogP contribution >= 0.6 is 0 Å². The Hall–Kier alpha value is -2.63. The predicted molar refractivity (Wildman–Crippen MR) is 68.0 cm³/mol. The van der Waals surface area contributed by atoms with Gasteiger partial charge in [-0.05, 0) is 12.1 Å². The maximum atomic E-state index is 5.98. The summed E-state index contributed by atoms with van der Waals surface area (Å²) in [6, 6.07) is 3.75. The van der Waals surface area contributed by atoms with Gasteiger partial charge in [0.15, 0.2) is 0 Å². The van der Waals surface area contributed by atoms with Gasteiger partial charge in [-0.25, -0.2) is 4.68 Å². The van der Waals surface area contributed by atoms with E-state index in [2.05, 4.69) is 15.2 Å². The second-order valence-corrected chi connectivity index (χ2v) is 3.99. The first-order valence-electron chi connectivity index (χ1n) is 5.48. The van der Waals surface area contributed by atoms with E-state index in [-0.39, 0.29) is 0 Å². The van der Waals surface area contributed by atoms with E-state index in [9.17, 15) is 0 Å². The van der Waals surface area contributed by atoms with Gasteiger partial charge in [0.05, 0.1) is 23.8 Å². The highest BCUT2D eigenvalue weighted by molar-refractivity contribution is 5.71. The van der Waals surface area contributed by atoms with Gasteiger partial charge in [0.1, 0.15) is 5.69 Å². The first-order chi connectivity index (χ1) is 8.74. The van der Waals surface area contributed by atoms with Crippen molar-refractivity contribution in [1.82, 2.24) is 24.5 Å². The summed E-state index contributed by atoms with van der Waals surface area (Å²) in [5, 5.41) is 8.59. The number of aryl methyl sites for hydroxylation is 1. The molecule has 3 aromatic heterocycles. The number of hydrogen-bond acceptors (Lipinski definition) is 4. The molecule has 6 nitrogen and oxygen atoms in total. The Labute approximate surface area is 104 Å². The minimum absolute atomic E-state index is 0.625. The molecule has 2 N–H and O–H groups in total. The van der Waals surface area contributed by atoms with Crippen molar-refractivity contribution in [3.8, 4) is 16.9 Å². The number of nitrogens with zero attached hydrogens (tertiary/aromatic N) is 5. The van der Waals surface area contributed by atoms with Crippen LogP contribution in [0.3, 0.4) is 0 Å². The molecule has 0 saturated heterocycles. The molecule has 0 bridgehead atoms. The van der Waals surface area contributed by atoms with E-state index in [1.54, 1.807) is 34.2 Å². The van der Waals surface area contributed by atoms with Crippen molar-refractivity contribution in [2.24, 2.45) is 7.05 Å². The molecule has 3 aromatic rings. The summed E-state index contributed by atoms with van der Waals surface area (Å²) >= 11 is 0. The maximum absolute atomic E-state index is 5.98. The maximum Gasteiger partial charge on any atom is 0.119 e. The Morgan fingerprint density at radius 1 is 1.17 bits per heavy atom. The fourth-order valence-electron chi connectivity index (χ4n) is 1.78.